The van der Waals surface area contributed by atoms with Crippen LogP contribution in [0.4, 0.5) is 10.3 Å². The number of ether oxygens (including phenoxy) is 1. The third kappa shape index (κ3) is 3.48. The van der Waals surface area contributed by atoms with Gasteiger partial charge in [-0.25, -0.2) is 14.4 Å². The Balaban J connectivity index is 1.89. The number of rotatable bonds is 5. The molecule has 1 aromatic carbocycles. The molecule has 0 radical (unpaired) electrons. The van der Waals surface area contributed by atoms with Crippen molar-refractivity contribution in [3.63, 3.8) is 0 Å². The van der Waals surface area contributed by atoms with E-state index in [1.807, 2.05) is 21.0 Å². The molecule has 0 fully saturated rings. The fraction of sp³-hybridized carbons (Fsp3) is 0.250. The van der Waals surface area contributed by atoms with Crippen molar-refractivity contribution in [3.05, 3.63) is 48.0 Å². The summed E-state index contributed by atoms with van der Waals surface area (Å²) in [6.45, 7) is 1.88. The Morgan fingerprint density at radius 2 is 2.00 bits per heavy atom. The molecule has 0 N–H and O–H groups in total. The summed E-state index contributed by atoms with van der Waals surface area (Å²) in [6.07, 6.45) is 2.93. The Morgan fingerprint density at radius 3 is 2.71 bits per heavy atom. The lowest BCUT2D eigenvalue weighted by molar-refractivity contribution is 0.218. The van der Waals surface area contributed by atoms with Gasteiger partial charge in [0.2, 0.25) is 0 Å². The Bertz CT molecular complexity index is 859. The van der Waals surface area contributed by atoms with Crippen molar-refractivity contribution in [2.45, 2.75) is 13.0 Å². The average molecular weight is 328 g/mol. The van der Waals surface area contributed by atoms with E-state index in [0.717, 1.165) is 5.69 Å². The Hall–Kier alpha value is -3.03. The highest BCUT2D eigenvalue weighted by molar-refractivity contribution is 5.58. The molecule has 24 heavy (non-hydrogen) atoms. The summed E-state index contributed by atoms with van der Waals surface area (Å²) in [6, 6.07) is 7.67. The lowest BCUT2D eigenvalue weighted by atomic mass is 10.2. The summed E-state index contributed by atoms with van der Waals surface area (Å²) < 4.78 is 20.4. The quantitative estimate of drug-likeness (QED) is 0.532. The van der Waals surface area contributed by atoms with Crippen molar-refractivity contribution < 1.29 is 9.13 Å². The van der Waals surface area contributed by atoms with Crippen molar-refractivity contribution in [2.75, 3.05) is 14.1 Å². The van der Waals surface area contributed by atoms with Gasteiger partial charge >= 0.3 is 0 Å². The van der Waals surface area contributed by atoms with Crippen LogP contribution in [0.25, 0.3) is 5.78 Å². The van der Waals surface area contributed by atoms with Crippen LogP contribution in [0.1, 0.15) is 18.7 Å². The van der Waals surface area contributed by atoms with Gasteiger partial charge in [0.25, 0.3) is 11.7 Å². The van der Waals surface area contributed by atoms with E-state index in [-0.39, 0.29) is 11.9 Å². The minimum Gasteiger partial charge on any atom is -0.484 e. The van der Waals surface area contributed by atoms with Crippen LogP contribution in [0.2, 0.25) is 0 Å². The minimum atomic E-state index is -0.326. The Morgan fingerprint density at radius 1 is 1.25 bits per heavy atom. The molecule has 7 nitrogen and oxygen atoms in total. The third-order valence-electron chi connectivity index (χ3n) is 3.21. The molecule has 2 aromatic heterocycles. The largest absolute Gasteiger partial charge is 0.484 e. The first kappa shape index (κ1) is 15.9. The third-order valence-corrected chi connectivity index (χ3v) is 3.21. The number of aromatic nitrogens is 4. The molecule has 3 rings (SSSR count). The standard InChI is InChI=1S/C16H17FN6O/c1-11(24-13-6-4-12(17)5-7-13)14-8-9-18-16-20-15(21-23(14)16)19-10-22(2)3/h4-11H,1-3H3/t11-/m0/s1. The van der Waals surface area contributed by atoms with Crippen LogP contribution in [0.3, 0.4) is 0 Å². The zero-order valence-corrected chi connectivity index (χ0v) is 13.6. The van der Waals surface area contributed by atoms with Gasteiger partial charge in [-0.2, -0.15) is 9.50 Å². The van der Waals surface area contributed by atoms with Crippen LogP contribution in [0, 0.1) is 5.82 Å². The van der Waals surface area contributed by atoms with Gasteiger partial charge in [0.1, 0.15) is 17.7 Å². The molecule has 0 unspecified atom stereocenters. The van der Waals surface area contributed by atoms with Crippen LogP contribution < -0.4 is 4.74 Å². The molecule has 1 atom stereocenters. The van der Waals surface area contributed by atoms with E-state index < -0.39 is 0 Å². The van der Waals surface area contributed by atoms with Gasteiger partial charge in [-0.3, -0.25) is 0 Å². The van der Waals surface area contributed by atoms with E-state index in [2.05, 4.69) is 20.1 Å². The van der Waals surface area contributed by atoms with Crippen molar-refractivity contribution in [1.82, 2.24) is 24.5 Å². The molecular formula is C16H17FN6O. The number of hydrogen-bond donors (Lipinski definition) is 0. The summed E-state index contributed by atoms with van der Waals surface area (Å²) in [5.41, 5.74) is 0.767. The van der Waals surface area contributed by atoms with E-state index in [4.69, 9.17) is 4.74 Å². The maximum absolute atomic E-state index is 13.0. The van der Waals surface area contributed by atoms with Gasteiger partial charge in [0, 0.05) is 20.3 Å². The topological polar surface area (TPSA) is 67.9 Å². The van der Waals surface area contributed by atoms with Gasteiger partial charge < -0.3 is 9.64 Å². The van der Waals surface area contributed by atoms with Crippen LogP contribution in [-0.4, -0.2) is 44.9 Å². The first-order valence-corrected chi connectivity index (χ1v) is 7.37. The van der Waals surface area contributed by atoms with Crippen molar-refractivity contribution in [2.24, 2.45) is 4.99 Å². The van der Waals surface area contributed by atoms with E-state index in [9.17, 15) is 4.39 Å². The predicted molar refractivity (Wildman–Crippen MR) is 88.1 cm³/mol. The van der Waals surface area contributed by atoms with Crippen molar-refractivity contribution in [3.8, 4) is 5.75 Å². The second-order valence-electron chi connectivity index (χ2n) is 5.42. The van der Waals surface area contributed by atoms with Crippen LogP contribution in [0.5, 0.6) is 5.75 Å². The smallest absolute Gasteiger partial charge is 0.272 e. The number of hydrogen-bond acceptors (Lipinski definition) is 5. The molecule has 8 heteroatoms. The Kier molecular flexibility index (Phi) is 4.37. The van der Waals surface area contributed by atoms with Gasteiger partial charge in [-0.1, -0.05) is 0 Å². The second-order valence-corrected chi connectivity index (χ2v) is 5.42. The van der Waals surface area contributed by atoms with Crippen molar-refractivity contribution in [1.29, 1.82) is 0 Å². The average Bonchev–Trinajstić information content (AvgIpc) is 2.98. The van der Waals surface area contributed by atoms with E-state index >= 15 is 0 Å². The summed E-state index contributed by atoms with van der Waals surface area (Å²) in [4.78, 5) is 14.4. The molecule has 0 bridgehead atoms. The van der Waals surface area contributed by atoms with E-state index in [1.165, 1.54) is 12.1 Å². The molecule has 0 aliphatic rings. The number of halogens is 1. The van der Waals surface area contributed by atoms with Crippen LogP contribution in [0.15, 0.2) is 41.5 Å². The number of fused-ring (bicyclic) bond motifs is 1. The fourth-order valence-corrected chi connectivity index (χ4v) is 2.11. The maximum atomic E-state index is 13.0. The van der Waals surface area contributed by atoms with Gasteiger partial charge in [0.05, 0.1) is 12.0 Å². The molecular weight excluding hydrogens is 311 g/mol. The first-order chi connectivity index (χ1) is 11.5. The molecule has 0 amide bonds. The fourth-order valence-electron chi connectivity index (χ4n) is 2.11. The summed E-state index contributed by atoms with van der Waals surface area (Å²) in [5.74, 6) is 1.02. The first-order valence-electron chi connectivity index (χ1n) is 7.37. The second kappa shape index (κ2) is 6.61. The predicted octanol–water partition coefficient (Wildman–Crippen LogP) is 2.62. The molecule has 124 valence electrons. The summed E-state index contributed by atoms with van der Waals surface area (Å²) in [5, 5.41) is 4.34. The molecule has 0 aliphatic carbocycles. The number of nitrogens with zero attached hydrogens (tertiary/aromatic N) is 6. The van der Waals surface area contributed by atoms with E-state index in [1.54, 1.807) is 40.1 Å². The SMILES string of the molecule is C[C@H](Oc1ccc(F)cc1)c1ccnc2nc(N=CN(C)C)nn12. The number of aliphatic imine (C=N–C) groups is 1. The normalized spacial score (nSPS) is 12.7. The minimum absolute atomic E-state index is 0.305. The van der Waals surface area contributed by atoms with Crippen molar-refractivity contribution >= 4 is 18.1 Å². The molecule has 0 saturated carbocycles. The molecule has 0 aliphatic heterocycles. The highest BCUT2D eigenvalue weighted by Crippen LogP contribution is 2.22. The van der Waals surface area contributed by atoms with Gasteiger partial charge in [-0.15, -0.1) is 5.10 Å². The van der Waals surface area contributed by atoms with Crippen LogP contribution in [-0.2, 0) is 0 Å². The monoisotopic (exact) mass is 328 g/mol. The zero-order valence-electron chi connectivity index (χ0n) is 13.6. The molecule has 0 spiro atoms. The summed E-state index contributed by atoms with van der Waals surface area (Å²) >= 11 is 0. The van der Waals surface area contributed by atoms with Gasteiger partial charge in [-0.05, 0) is 37.3 Å². The van der Waals surface area contributed by atoms with Crippen LogP contribution >= 0.6 is 0 Å². The Labute approximate surface area is 138 Å². The maximum Gasteiger partial charge on any atom is 0.272 e. The highest BCUT2D eigenvalue weighted by Gasteiger charge is 2.15. The highest BCUT2D eigenvalue weighted by atomic mass is 19.1. The molecule has 3 aromatic rings. The lowest BCUT2D eigenvalue weighted by Crippen LogP contribution is -2.10. The molecule has 2 heterocycles. The number of benzene rings is 1. The van der Waals surface area contributed by atoms with Gasteiger partial charge in [0.15, 0.2) is 0 Å². The summed E-state index contributed by atoms with van der Waals surface area (Å²) in [7, 11) is 3.73. The molecule has 0 saturated heterocycles. The van der Waals surface area contributed by atoms with E-state index in [0.29, 0.717) is 17.5 Å². The lowest BCUT2D eigenvalue weighted by Gasteiger charge is -2.15. The zero-order chi connectivity index (χ0) is 17.1.